The Bertz CT molecular complexity index is 644. The summed E-state index contributed by atoms with van der Waals surface area (Å²) in [4.78, 5) is 0. The molecule has 1 N–H and O–H groups in total. The SMILES string of the molecule is CNC(c1ccc(Cl)c(Cl)c1)C1CCOc2ccccc21. The molecule has 4 heteroatoms. The van der Waals surface area contributed by atoms with Crippen LogP contribution in [-0.2, 0) is 0 Å². The molecule has 2 unspecified atom stereocenters. The van der Waals surface area contributed by atoms with Crippen LogP contribution in [0.3, 0.4) is 0 Å². The van der Waals surface area contributed by atoms with Crippen LogP contribution in [0.25, 0.3) is 0 Å². The number of halogens is 2. The number of likely N-dealkylation sites (N-methyl/N-ethyl adjacent to an activating group) is 1. The fourth-order valence-electron chi connectivity index (χ4n) is 3.02. The molecule has 0 saturated carbocycles. The molecule has 0 fully saturated rings. The van der Waals surface area contributed by atoms with Gasteiger partial charge >= 0.3 is 0 Å². The molecule has 0 bridgehead atoms. The van der Waals surface area contributed by atoms with Crippen LogP contribution in [0, 0.1) is 0 Å². The maximum Gasteiger partial charge on any atom is 0.122 e. The van der Waals surface area contributed by atoms with E-state index in [1.54, 1.807) is 0 Å². The Morgan fingerprint density at radius 1 is 1.14 bits per heavy atom. The monoisotopic (exact) mass is 321 g/mol. The Morgan fingerprint density at radius 3 is 2.71 bits per heavy atom. The van der Waals surface area contributed by atoms with Gasteiger partial charge in [-0.25, -0.2) is 0 Å². The van der Waals surface area contributed by atoms with Crippen molar-refractivity contribution in [3.8, 4) is 5.75 Å². The van der Waals surface area contributed by atoms with E-state index in [9.17, 15) is 0 Å². The largest absolute Gasteiger partial charge is 0.493 e. The minimum absolute atomic E-state index is 0.185. The third-order valence-corrected chi connectivity index (χ3v) is 4.76. The maximum absolute atomic E-state index is 6.17. The molecule has 0 aromatic heterocycles. The van der Waals surface area contributed by atoms with Gasteiger partial charge in [0.2, 0.25) is 0 Å². The molecule has 1 heterocycles. The van der Waals surface area contributed by atoms with E-state index in [2.05, 4.69) is 17.4 Å². The second-order valence-corrected chi connectivity index (χ2v) is 6.04. The van der Waals surface area contributed by atoms with Gasteiger partial charge in [-0.3, -0.25) is 0 Å². The summed E-state index contributed by atoms with van der Waals surface area (Å²) in [6.07, 6.45) is 0.975. The highest BCUT2D eigenvalue weighted by Gasteiger charge is 2.29. The van der Waals surface area contributed by atoms with Crippen LogP contribution in [0.2, 0.25) is 10.0 Å². The predicted octanol–water partition coefficient (Wildman–Crippen LogP) is 4.82. The van der Waals surface area contributed by atoms with Crippen LogP contribution in [0.5, 0.6) is 5.75 Å². The lowest BCUT2D eigenvalue weighted by Gasteiger charge is -2.32. The molecule has 0 radical (unpaired) electrons. The van der Waals surface area contributed by atoms with Crippen LogP contribution in [0.1, 0.15) is 29.5 Å². The van der Waals surface area contributed by atoms with Crippen LogP contribution in [0.4, 0.5) is 0 Å². The molecular formula is C17H17Cl2NO. The molecule has 21 heavy (non-hydrogen) atoms. The summed E-state index contributed by atoms with van der Waals surface area (Å²) in [6.45, 7) is 0.737. The number of hydrogen-bond acceptors (Lipinski definition) is 2. The van der Waals surface area contributed by atoms with Crippen molar-refractivity contribution in [1.82, 2.24) is 5.32 Å². The molecule has 110 valence electrons. The fraction of sp³-hybridized carbons (Fsp3) is 0.294. The van der Waals surface area contributed by atoms with Crippen LogP contribution < -0.4 is 10.1 Å². The van der Waals surface area contributed by atoms with Crippen molar-refractivity contribution in [3.05, 3.63) is 63.6 Å². The molecule has 1 aliphatic heterocycles. The molecule has 0 saturated heterocycles. The lowest BCUT2D eigenvalue weighted by Crippen LogP contribution is -2.28. The predicted molar refractivity (Wildman–Crippen MR) is 87.6 cm³/mol. The summed E-state index contributed by atoms with van der Waals surface area (Å²) in [5.41, 5.74) is 2.39. The van der Waals surface area contributed by atoms with Gasteiger partial charge in [-0.2, -0.15) is 0 Å². The average molecular weight is 322 g/mol. The zero-order valence-electron chi connectivity index (χ0n) is 11.8. The lowest BCUT2D eigenvalue weighted by atomic mass is 9.83. The van der Waals surface area contributed by atoms with Gasteiger partial charge in [0.1, 0.15) is 5.75 Å². The van der Waals surface area contributed by atoms with E-state index in [-0.39, 0.29) is 6.04 Å². The van der Waals surface area contributed by atoms with Crippen LogP contribution >= 0.6 is 23.2 Å². The Balaban J connectivity index is 1.99. The van der Waals surface area contributed by atoms with E-state index in [4.69, 9.17) is 27.9 Å². The number of benzene rings is 2. The Hall–Kier alpha value is -1.22. The van der Waals surface area contributed by atoms with Crippen molar-refractivity contribution < 1.29 is 4.74 Å². The zero-order valence-corrected chi connectivity index (χ0v) is 13.3. The molecule has 3 rings (SSSR count). The Kier molecular flexibility index (Phi) is 4.39. The molecular weight excluding hydrogens is 305 g/mol. The highest BCUT2D eigenvalue weighted by Crippen LogP contribution is 2.41. The Morgan fingerprint density at radius 2 is 1.95 bits per heavy atom. The first-order valence-electron chi connectivity index (χ1n) is 7.04. The highest BCUT2D eigenvalue weighted by molar-refractivity contribution is 6.42. The number of para-hydroxylation sites is 1. The summed E-state index contributed by atoms with van der Waals surface area (Å²) in [6, 6.07) is 14.3. The molecule has 0 aliphatic carbocycles. The first-order chi connectivity index (χ1) is 10.2. The molecule has 0 amide bonds. The van der Waals surface area contributed by atoms with Crippen molar-refractivity contribution in [1.29, 1.82) is 0 Å². The third kappa shape index (κ3) is 2.89. The first kappa shape index (κ1) is 14.7. The minimum atomic E-state index is 0.185. The topological polar surface area (TPSA) is 21.3 Å². The van der Waals surface area contributed by atoms with E-state index in [1.807, 2.05) is 37.4 Å². The van der Waals surface area contributed by atoms with E-state index < -0.39 is 0 Å². The van der Waals surface area contributed by atoms with Crippen molar-refractivity contribution in [2.75, 3.05) is 13.7 Å². The summed E-state index contributed by atoms with van der Waals surface area (Å²) < 4.78 is 5.75. The third-order valence-electron chi connectivity index (χ3n) is 4.02. The quantitative estimate of drug-likeness (QED) is 0.875. The molecule has 0 spiro atoms. The van der Waals surface area contributed by atoms with Gasteiger partial charge in [0.05, 0.1) is 16.7 Å². The van der Waals surface area contributed by atoms with Gasteiger partial charge in [-0.1, -0.05) is 47.5 Å². The normalized spacial score (nSPS) is 18.7. The lowest BCUT2D eigenvalue weighted by molar-refractivity contribution is 0.248. The maximum atomic E-state index is 6.17. The molecule has 2 nitrogen and oxygen atoms in total. The summed E-state index contributed by atoms with van der Waals surface area (Å²) >= 11 is 12.2. The van der Waals surface area contributed by atoms with Crippen molar-refractivity contribution in [2.45, 2.75) is 18.4 Å². The molecule has 2 atom stereocenters. The van der Waals surface area contributed by atoms with E-state index in [1.165, 1.54) is 5.56 Å². The second kappa shape index (κ2) is 6.27. The van der Waals surface area contributed by atoms with Gasteiger partial charge in [-0.15, -0.1) is 0 Å². The fourth-order valence-corrected chi connectivity index (χ4v) is 3.33. The van der Waals surface area contributed by atoms with Crippen molar-refractivity contribution in [3.63, 3.8) is 0 Å². The van der Waals surface area contributed by atoms with E-state index >= 15 is 0 Å². The first-order valence-corrected chi connectivity index (χ1v) is 7.80. The molecule has 1 aliphatic rings. The molecule has 2 aromatic carbocycles. The molecule has 2 aromatic rings. The van der Waals surface area contributed by atoms with Gasteiger partial charge in [0.15, 0.2) is 0 Å². The minimum Gasteiger partial charge on any atom is -0.493 e. The van der Waals surface area contributed by atoms with Crippen LogP contribution in [0.15, 0.2) is 42.5 Å². The van der Waals surface area contributed by atoms with Gasteiger partial charge in [0, 0.05) is 12.0 Å². The zero-order chi connectivity index (χ0) is 14.8. The summed E-state index contributed by atoms with van der Waals surface area (Å²) in [5.74, 6) is 1.34. The number of nitrogens with one attached hydrogen (secondary N) is 1. The van der Waals surface area contributed by atoms with Crippen molar-refractivity contribution in [2.24, 2.45) is 0 Å². The van der Waals surface area contributed by atoms with E-state index in [0.717, 1.165) is 24.3 Å². The smallest absolute Gasteiger partial charge is 0.122 e. The van der Waals surface area contributed by atoms with E-state index in [0.29, 0.717) is 16.0 Å². The standard InChI is InChI=1S/C17H17Cl2NO/c1-20-17(11-6-7-14(18)15(19)10-11)13-8-9-21-16-5-3-2-4-12(13)16/h2-7,10,13,17,20H,8-9H2,1H3. The van der Waals surface area contributed by atoms with Gasteiger partial charge < -0.3 is 10.1 Å². The van der Waals surface area contributed by atoms with Gasteiger partial charge in [-0.05, 0) is 42.8 Å². The highest BCUT2D eigenvalue weighted by atomic mass is 35.5. The number of hydrogen-bond donors (Lipinski definition) is 1. The number of rotatable bonds is 3. The second-order valence-electron chi connectivity index (χ2n) is 5.22. The average Bonchev–Trinajstić information content (AvgIpc) is 2.52. The number of ether oxygens (including phenoxy) is 1. The van der Waals surface area contributed by atoms with Gasteiger partial charge in [0.25, 0.3) is 0 Å². The van der Waals surface area contributed by atoms with Crippen molar-refractivity contribution >= 4 is 23.2 Å². The van der Waals surface area contributed by atoms with Crippen LogP contribution in [-0.4, -0.2) is 13.7 Å². The Labute approximate surface area is 135 Å². The number of fused-ring (bicyclic) bond motifs is 1. The summed E-state index contributed by atoms with van der Waals surface area (Å²) in [7, 11) is 1.98. The summed E-state index contributed by atoms with van der Waals surface area (Å²) in [5, 5.41) is 4.60.